The average molecular weight is 483 g/mol. The normalized spacial score (nSPS) is 12.2. The van der Waals surface area contributed by atoms with Gasteiger partial charge in [0.2, 0.25) is 0 Å². The molecule has 0 aromatic heterocycles. The zero-order valence-electron chi connectivity index (χ0n) is 18.0. The van der Waals surface area contributed by atoms with E-state index in [-0.39, 0.29) is 11.2 Å². The van der Waals surface area contributed by atoms with Gasteiger partial charge >= 0.3 is 192 Å². The van der Waals surface area contributed by atoms with Gasteiger partial charge < -0.3 is 0 Å². The summed E-state index contributed by atoms with van der Waals surface area (Å²) < 4.78 is 9.03. The van der Waals surface area contributed by atoms with E-state index >= 15 is 0 Å². The van der Waals surface area contributed by atoms with Gasteiger partial charge in [0.1, 0.15) is 0 Å². The molecular weight excluding hydrogens is 457 g/mol. The van der Waals surface area contributed by atoms with Crippen molar-refractivity contribution >= 4 is 32.4 Å². The first-order valence-electron chi connectivity index (χ1n) is 10.7. The first kappa shape index (κ1) is 21.9. The summed E-state index contributed by atoms with van der Waals surface area (Å²) in [7, 11) is 1.64. The quantitative estimate of drug-likeness (QED) is 0.386. The van der Waals surface area contributed by atoms with Gasteiger partial charge in [-0.2, -0.15) is 0 Å². The number of benzene rings is 4. The molecule has 0 spiro atoms. The third-order valence-corrected chi connectivity index (χ3v) is 17.2. The van der Waals surface area contributed by atoms with Gasteiger partial charge in [-0.15, -0.1) is 0 Å². The van der Waals surface area contributed by atoms with Crippen LogP contribution in [0.1, 0.15) is 16.7 Å². The number of methoxy groups -OCH3 is 1. The molecule has 0 heterocycles. The Bertz CT molecular complexity index is 1060. The first-order valence-corrected chi connectivity index (χ1v) is 15.0. The molecule has 1 unspecified atom stereocenters. The summed E-state index contributed by atoms with van der Waals surface area (Å²) in [6.45, 7) is 0. The Morgan fingerprint density at radius 1 is 0.750 bits per heavy atom. The van der Waals surface area contributed by atoms with Crippen molar-refractivity contribution in [1.82, 2.24) is 0 Å². The van der Waals surface area contributed by atoms with Crippen LogP contribution in [0.25, 0.3) is 0 Å². The van der Waals surface area contributed by atoms with Gasteiger partial charge in [-0.3, -0.25) is 0 Å². The summed E-state index contributed by atoms with van der Waals surface area (Å²) in [5.74, 6) is -0.0565. The molecule has 0 aliphatic rings. The van der Waals surface area contributed by atoms with Crippen molar-refractivity contribution in [1.29, 1.82) is 0 Å². The van der Waals surface area contributed by atoms with E-state index in [1.165, 1.54) is 13.2 Å². The van der Waals surface area contributed by atoms with Gasteiger partial charge in [0.25, 0.3) is 0 Å². The Morgan fingerprint density at radius 2 is 1.22 bits per heavy atom. The SMILES string of the molecule is COc1cccc([CH](CC(=O)O)[Ge]([c]2ccccc2)([c]2ccccc2)[c]2ccccc2)c1. The Morgan fingerprint density at radius 3 is 1.62 bits per heavy atom. The number of hydrogen-bond acceptors (Lipinski definition) is 2. The van der Waals surface area contributed by atoms with E-state index < -0.39 is 19.2 Å². The van der Waals surface area contributed by atoms with E-state index in [1.807, 2.05) is 42.5 Å². The molecule has 32 heavy (non-hydrogen) atoms. The predicted octanol–water partition coefficient (Wildman–Crippen LogP) is 3.96. The molecule has 4 aromatic rings. The van der Waals surface area contributed by atoms with Crippen LogP contribution in [-0.2, 0) is 4.79 Å². The summed E-state index contributed by atoms with van der Waals surface area (Å²) in [6, 6.07) is 39.4. The third-order valence-electron chi connectivity index (χ3n) is 6.08. The second kappa shape index (κ2) is 9.88. The van der Waals surface area contributed by atoms with Crippen LogP contribution >= 0.6 is 0 Å². The molecule has 0 amide bonds. The van der Waals surface area contributed by atoms with Crippen LogP contribution in [0.15, 0.2) is 115 Å². The van der Waals surface area contributed by atoms with E-state index in [2.05, 4.69) is 72.8 Å². The number of ether oxygens (including phenoxy) is 1. The zero-order chi connectivity index (χ0) is 22.4. The number of carbonyl (C=O) groups is 1. The molecule has 0 bridgehead atoms. The van der Waals surface area contributed by atoms with Crippen LogP contribution in [0.2, 0.25) is 0 Å². The van der Waals surface area contributed by atoms with E-state index in [1.54, 1.807) is 7.11 Å². The Kier molecular flexibility index (Phi) is 6.76. The third kappa shape index (κ3) is 4.21. The van der Waals surface area contributed by atoms with Crippen molar-refractivity contribution in [3.63, 3.8) is 0 Å². The molecule has 3 nitrogen and oxygen atoms in total. The monoisotopic (exact) mass is 484 g/mol. The Balaban J connectivity index is 2.11. The summed E-state index contributed by atoms with van der Waals surface area (Å²) >= 11 is -3.57. The van der Waals surface area contributed by atoms with Gasteiger partial charge in [-0.25, -0.2) is 0 Å². The van der Waals surface area contributed by atoms with Crippen LogP contribution in [0.5, 0.6) is 5.75 Å². The van der Waals surface area contributed by atoms with Gasteiger partial charge in [-0.05, 0) is 0 Å². The maximum atomic E-state index is 12.3. The first-order chi connectivity index (χ1) is 15.7. The molecule has 0 radical (unpaired) electrons. The van der Waals surface area contributed by atoms with Gasteiger partial charge in [0.05, 0.1) is 0 Å². The van der Waals surface area contributed by atoms with Crippen LogP contribution in [0.4, 0.5) is 0 Å². The van der Waals surface area contributed by atoms with Crippen molar-refractivity contribution in [2.45, 2.75) is 11.2 Å². The predicted molar refractivity (Wildman–Crippen MR) is 132 cm³/mol. The molecule has 4 aromatic carbocycles. The standard InChI is InChI=1S/C28H26GeO3/c1-32-26-19-11-12-22(20-26)27(21-28(30)31)29(23-13-5-2-6-14-23,24-15-7-3-8-16-24)25-17-9-4-10-18-25/h2-20,27H,21H2,1H3,(H,30,31). The molecule has 160 valence electrons. The van der Waals surface area contributed by atoms with E-state index in [4.69, 9.17) is 4.74 Å². The van der Waals surface area contributed by atoms with E-state index in [0.717, 1.165) is 11.3 Å². The number of hydrogen-bond donors (Lipinski definition) is 1. The van der Waals surface area contributed by atoms with Crippen molar-refractivity contribution in [2.75, 3.05) is 7.11 Å². The number of carboxylic acids is 1. The Labute approximate surface area is 191 Å². The number of rotatable bonds is 8. The van der Waals surface area contributed by atoms with Crippen molar-refractivity contribution in [2.24, 2.45) is 0 Å². The van der Waals surface area contributed by atoms with Crippen molar-refractivity contribution < 1.29 is 14.6 Å². The molecule has 4 rings (SSSR count). The molecule has 1 atom stereocenters. The fourth-order valence-corrected chi connectivity index (χ4v) is 16.3. The van der Waals surface area contributed by atoms with Gasteiger partial charge in [0.15, 0.2) is 0 Å². The second-order valence-corrected chi connectivity index (χ2v) is 16.3. The zero-order valence-corrected chi connectivity index (χ0v) is 20.1. The number of carboxylic acid groups (broad SMARTS) is 1. The summed E-state index contributed by atoms with van der Waals surface area (Å²) in [5.41, 5.74) is 1.00. The molecule has 0 fully saturated rings. The molecule has 0 aliphatic carbocycles. The van der Waals surface area contributed by atoms with Gasteiger partial charge in [-0.1, -0.05) is 0 Å². The fraction of sp³-hybridized carbons (Fsp3) is 0.107. The fourth-order valence-electron chi connectivity index (χ4n) is 4.76. The molecule has 4 heteroatoms. The van der Waals surface area contributed by atoms with Crippen LogP contribution in [-0.4, -0.2) is 31.5 Å². The summed E-state index contributed by atoms with van der Waals surface area (Å²) in [6.07, 6.45) is 0.0475. The average Bonchev–Trinajstić information content (AvgIpc) is 2.86. The van der Waals surface area contributed by atoms with E-state index in [0.29, 0.717) is 0 Å². The molecule has 0 aliphatic heterocycles. The molecule has 1 N–H and O–H groups in total. The Hall–Kier alpha value is -3.31. The molecule has 0 saturated carbocycles. The van der Waals surface area contributed by atoms with Crippen LogP contribution in [0, 0.1) is 0 Å². The van der Waals surface area contributed by atoms with E-state index in [9.17, 15) is 9.90 Å². The molecular formula is C28H26GeO3. The van der Waals surface area contributed by atoms with Crippen molar-refractivity contribution in [3.05, 3.63) is 121 Å². The summed E-state index contributed by atoms with van der Waals surface area (Å²) in [5, 5.41) is 10.1. The number of aliphatic carboxylic acids is 1. The summed E-state index contributed by atoms with van der Waals surface area (Å²) in [4.78, 5) is 12.3. The van der Waals surface area contributed by atoms with Gasteiger partial charge in [0, 0.05) is 0 Å². The topological polar surface area (TPSA) is 46.5 Å². The minimum absolute atomic E-state index is 0.0475. The maximum absolute atomic E-state index is 12.3. The second-order valence-electron chi connectivity index (χ2n) is 7.83. The molecule has 0 saturated heterocycles. The minimum atomic E-state index is -3.57. The van der Waals surface area contributed by atoms with Crippen LogP contribution < -0.4 is 17.9 Å². The van der Waals surface area contributed by atoms with Crippen molar-refractivity contribution in [3.8, 4) is 5.75 Å². The van der Waals surface area contributed by atoms with Crippen LogP contribution in [0.3, 0.4) is 0 Å².